The maximum atomic E-state index is 11.7. The highest BCUT2D eigenvalue weighted by molar-refractivity contribution is 7.92. The average Bonchev–Trinajstić information content (AvgIpc) is 3.11. The zero-order valence-electron chi connectivity index (χ0n) is 10.8. The van der Waals surface area contributed by atoms with E-state index in [1.165, 1.54) is 0 Å². The number of carbonyl (C=O) groups is 1. The van der Waals surface area contributed by atoms with Crippen LogP contribution in [0.3, 0.4) is 0 Å². The first-order valence-electron chi connectivity index (χ1n) is 6.41. The summed E-state index contributed by atoms with van der Waals surface area (Å²) in [4.78, 5) is 11.6. The fraction of sp³-hybridized carbons (Fsp3) is 0.462. The Bertz CT molecular complexity index is 565. The number of anilines is 2. The second-order valence-corrected chi connectivity index (χ2v) is 6.61. The van der Waals surface area contributed by atoms with Crippen LogP contribution in [0.2, 0.25) is 0 Å². The minimum Gasteiger partial charge on any atom is -0.326 e. The Morgan fingerprint density at radius 3 is 2.63 bits per heavy atom. The second-order valence-electron chi connectivity index (χ2n) is 4.77. The molecule has 1 amide bonds. The summed E-state index contributed by atoms with van der Waals surface area (Å²) in [6.45, 7) is 1.81. The van der Waals surface area contributed by atoms with Crippen LogP contribution >= 0.6 is 0 Å². The molecule has 2 N–H and O–H groups in total. The largest absolute Gasteiger partial charge is 0.326 e. The summed E-state index contributed by atoms with van der Waals surface area (Å²) in [5, 5.41) is 2.79. The molecule has 5 nitrogen and oxygen atoms in total. The molecule has 0 heterocycles. The van der Waals surface area contributed by atoms with Crippen molar-refractivity contribution in [3.05, 3.63) is 24.3 Å². The zero-order chi connectivity index (χ0) is 13.9. The van der Waals surface area contributed by atoms with Gasteiger partial charge in [0.1, 0.15) is 0 Å². The van der Waals surface area contributed by atoms with Crippen LogP contribution in [-0.4, -0.2) is 20.1 Å². The average molecular weight is 282 g/mol. The van der Waals surface area contributed by atoms with Gasteiger partial charge in [-0.05, 0) is 37.5 Å². The minimum atomic E-state index is -3.30. The van der Waals surface area contributed by atoms with E-state index in [9.17, 15) is 13.2 Å². The molecule has 1 aliphatic rings. The van der Waals surface area contributed by atoms with Crippen molar-refractivity contribution in [1.29, 1.82) is 0 Å². The third kappa shape index (κ3) is 4.24. The number of benzene rings is 1. The highest BCUT2D eigenvalue weighted by Crippen LogP contribution is 2.30. The normalized spacial score (nSPS) is 15.0. The summed E-state index contributed by atoms with van der Waals surface area (Å²) in [5.41, 5.74) is 1.09. The van der Waals surface area contributed by atoms with Crippen molar-refractivity contribution >= 4 is 27.3 Å². The molecule has 1 saturated carbocycles. The second kappa shape index (κ2) is 5.61. The first kappa shape index (κ1) is 13.9. The van der Waals surface area contributed by atoms with Gasteiger partial charge in [-0.1, -0.05) is 13.0 Å². The monoisotopic (exact) mass is 282 g/mol. The molecule has 1 aliphatic carbocycles. The van der Waals surface area contributed by atoms with E-state index in [1.54, 1.807) is 24.3 Å². The van der Waals surface area contributed by atoms with E-state index in [4.69, 9.17) is 0 Å². The van der Waals surface area contributed by atoms with Crippen LogP contribution in [0.4, 0.5) is 11.4 Å². The van der Waals surface area contributed by atoms with E-state index >= 15 is 0 Å². The van der Waals surface area contributed by atoms with Crippen molar-refractivity contribution in [2.24, 2.45) is 5.92 Å². The quantitative estimate of drug-likeness (QED) is 0.839. The van der Waals surface area contributed by atoms with Crippen LogP contribution in [-0.2, 0) is 14.8 Å². The lowest BCUT2D eigenvalue weighted by atomic mass is 10.2. The zero-order valence-corrected chi connectivity index (χ0v) is 11.7. The molecule has 0 atom stereocenters. The Morgan fingerprint density at radius 1 is 1.32 bits per heavy atom. The maximum absolute atomic E-state index is 11.7. The third-order valence-corrected chi connectivity index (χ3v) is 4.32. The van der Waals surface area contributed by atoms with Gasteiger partial charge in [0.05, 0.1) is 11.4 Å². The molecule has 0 saturated heterocycles. The van der Waals surface area contributed by atoms with Crippen molar-refractivity contribution in [3.8, 4) is 0 Å². The van der Waals surface area contributed by atoms with E-state index in [-0.39, 0.29) is 17.6 Å². The maximum Gasteiger partial charge on any atom is 0.232 e. The van der Waals surface area contributed by atoms with Gasteiger partial charge in [-0.2, -0.15) is 0 Å². The molecule has 6 heteroatoms. The van der Waals surface area contributed by atoms with E-state index < -0.39 is 10.0 Å². The van der Waals surface area contributed by atoms with Crippen molar-refractivity contribution in [1.82, 2.24) is 0 Å². The Labute approximate surface area is 113 Å². The van der Waals surface area contributed by atoms with Gasteiger partial charge in [-0.3, -0.25) is 9.52 Å². The molecule has 1 aromatic carbocycles. The number of hydrogen-bond acceptors (Lipinski definition) is 3. The fourth-order valence-electron chi connectivity index (χ4n) is 1.75. The molecule has 2 rings (SSSR count). The van der Waals surface area contributed by atoms with Crippen LogP contribution in [0.25, 0.3) is 0 Å². The van der Waals surface area contributed by atoms with Gasteiger partial charge in [0.15, 0.2) is 0 Å². The number of hydrogen-bond donors (Lipinski definition) is 2. The molecule has 1 fully saturated rings. The summed E-state index contributed by atoms with van der Waals surface area (Å²) in [5.74, 6) is 0.222. The van der Waals surface area contributed by atoms with Crippen molar-refractivity contribution in [2.75, 3.05) is 15.8 Å². The first-order valence-corrected chi connectivity index (χ1v) is 8.07. The summed E-state index contributed by atoms with van der Waals surface area (Å²) in [7, 11) is -3.30. The molecule has 0 radical (unpaired) electrons. The standard InChI is InChI=1S/C13H18N2O3S/c1-2-8-19(17,18)15-12-5-3-4-11(9-12)14-13(16)10-6-7-10/h3-5,9-10,15H,2,6-8H2,1H3,(H,14,16). The smallest absolute Gasteiger partial charge is 0.232 e. The summed E-state index contributed by atoms with van der Waals surface area (Å²) >= 11 is 0. The van der Waals surface area contributed by atoms with Crippen LogP contribution < -0.4 is 10.0 Å². The van der Waals surface area contributed by atoms with E-state index in [0.717, 1.165) is 12.8 Å². The molecule has 0 aliphatic heterocycles. The molecule has 0 spiro atoms. The van der Waals surface area contributed by atoms with Crippen LogP contribution in [0.1, 0.15) is 26.2 Å². The molecule has 0 bridgehead atoms. The van der Waals surface area contributed by atoms with Crippen molar-refractivity contribution in [2.45, 2.75) is 26.2 Å². The SMILES string of the molecule is CCCS(=O)(=O)Nc1cccc(NC(=O)C2CC2)c1. The lowest BCUT2D eigenvalue weighted by Gasteiger charge is -2.09. The van der Waals surface area contributed by atoms with Crippen LogP contribution in [0.15, 0.2) is 24.3 Å². The Hall–Kier alpha value is -1.56. The molecular formula is C13H18N2O3S. The van der Waals surface area contributed by atoms with Gasteiger partial charge < -0.3 is 5.32 Å². The van der Waals surface area contributed by atoms with Gasteiger partial charge in [-0.25, -0.2) is 8.42 Å². The van der Waals surface area contributed by atoms with Crippen LogP contribution in [0.5, 0.6) is 0 Å². The minimum absolute atomic E-state index is 0.00793. The number of nitrogens with one attached hydrogen (secondary N) is 2. The van der Waals surface area contributed by atoms with Gasteiger partial charge in [0.25, 0.3) is 0 Å². The predicted octanol–water partition coefficient (Wildman–Crippen LogP) is 2.19. The van der Waals surface area contributed by atoms with Crippen LogP contribution in [0, 0.1) is 5.92 Å². The van der Waals surface area contributed by atoms with Gasteiger partial charge in [0.2, 0.25) is 15.9 Å². The Balaban J connectivity index is 2.04. The molecule has 1 aromatic rings. The topological polar surface area (TPSA) is 75.3 Å². The highest BCUT2D eigenvalue weighted by atomic mass is 32.2. The van der Waals surface area contributed by atoms with Crippen molar-refractivity contribution < 1.29 is 13.2 Å². The Morgan fingerprint density at radius 2 is 2.00 bits per heavy atom. The third-order valence-electron chi connectivity index (χ3n) is 2.82. The molecule has 104 valence electrons. The predicted molar refractivity (Wildman–Crippen MR) is 75.5 cm³/mol. The highest BCUT2D eigenvalue weighted by Gasteiger charge is 2.29. The summed E-state index contributed by atoms with van der Waals surface area (Å²) in [6, 6.07) is 6.76. The first-order chi connectivity index (χ1) is 9.00. The van der Waals surface area contributed by atoms with Crippen molar-refractivity contribution in [3.63, 3.8) is 0 Å². The lowest BCUT2D eigenvalue weighted by Crippen LogP contribution is -2.17. The molecule has 19 heavy (non-hydrogen) atoms. The summed E-state index contributed by atoms with van der Waals surface area (Å²) < 4.78 is 25.8. The van der Waals surface area contributed by atoms with E-state index in [2.05, 4.69) is 10.0 Å². The van der Waals surface area contributed by atoms with E-state index in [1.807, 2.05) is 6.92 Å². The van der Waals surface area contributed by atoms with Gasteiger partial charge >= 0.3 is 0 Å². The summed E-state index contributed by atoms with van der Waals surface area (Å²) in [6.07, 6.45) is 2.44. The molecule has 0 unspecified atom stereocenters. The molecular weight excluding hydrogens is 264 g/mol. The number of carbonyl (C=O) groups excluding carboxylic acids is 1. The number of amides is 1. The fourth-order valence-corrected chi connectivity index (χ4v) is 2.88. The van der Waals surface area contributed by atoms with Gasteiger partial charge in [0, 0.05) is 11.6 Å². The number of rotatable bonds is 6. The lowest BCUT2D eigenvalue weighted by molar-refractivity contribution is -0.117. The number of sulfonamides is 1. The van der Waals surface area contributed by atoms with E-state index in [0.29, 0.717) is 17.8 Å². The molecule has 0 aromatic heterocycles. The Kier molecular flexibility index (Phi) is 4.09. The van der Waals surface area contributed by atoms with Gasteiger partial charge in [-0.15, -0.1) is 0 Å².